The van der Waals surface area contributed by atoms with Crippen LogP contribution >= 0.6 is 0 Å². The maximum absolute atomic E-state index is 11.2. The SMILES string of the molecule is CC(F)(F)C(O)(F)F. The van der Waals surface area contributed by atoms with Crippen LogP contribution in [0.1, 0.15) is 6.92 Å². The summed E-state index contributed by atoms with van der Waals surface area (Å²) in [5.41, 5.74) is 0. The molecule has 0 amide bonds. The first-order valence-electron chi connectivity index (χ1n) is 1.73. The Bertz CT molecular complexity index is 66.3. The Kier molecular flexibility index (Phi) is 1.52. The second-order valence-corrected chi connectivity index (χ2v) is 1.43. The van der Waals surface area contributed by atoms with Crippen molar-refractivity contribution >= 4 is 0 Å². The summed E-state index contributed by atoms with van der Waals surface area (Å²) in [4.78, 5) is 0. The van der Waals surface area contributed by atoms with Crippen molar-refractivity contribution in [2.45, 2.75) is 19.0 Å². The van der Waals surface area contributed by atoms with Crippen LogP contribution in [-0.2, 0) is 0 Å². The van der Waals surface area contributed by atoms with Gasteiger partial charge in [-0.1, -0.05) is 0 Å². The molecule has 1 N–H and O–H groups in total. The molecule has 0 radical (unpaired) electrons. The first-order chi connectivity index (χ1) is 3.25. The van der Waals surface area contributed by atoms with Crippen LogP contribution < -0.4 is 0 Å². The van der Waals surface area contributed by atoms with Crippen LogP contribution in [-0.4, -0.2) is 17.1 Å². The Hall–Kier alpha value is -0.320. The lowest BCUT2D eigenvalue weighted by Gasteiger charge is -2.15. The van der Waals surface area contributed by atoms with Gasteiger partial charge in [0.15, 0.2) is 0 Å². The third-order valence-corrected chi connectivity index (χ3v) is 0.528. The first kappa shape index (κ1) is 7.68. The number of aliphatic hydroxyl groups is 1. The smallest absolute Gasteiger partial charge is 0.332 e. The second kappa shape index (κ2) is 1.58. The highest BCUT2D eigenvalue weighted by Gasteiger charge is 2.50. The van der Waals surface area contributed by atoms with Gasteiger partial charge in [-0.2, -0.15) is 17.6 Å². The maximum Gasteiger partial charge on any atom is 0.416 e. The van der Waals surface area contributed by atoms with E-state index in [0.717, 1.165) is 0 Å². The highest BCUT2D eigenvalue weighted by molar-refractivity contribution is 4.66. The highest BCUT2D eigenvalue weighted by Crippen LogP contribution is 2.30. The molecule has 0 saturated carbocycles. The minimum Gasteiger partial charge on any atom is -0.332 e. The number of alkyl halides is 4. The number of rotatable bonds is 1. The van der Waals surface area contributed by atoms with Crippen molar-refractivity contribution in [3.63, 3.8) is 0 Å². The van der Waals surface area contributed by atoms with Gasteiger partial charge < -0.3 is 5.11 Å². The molecular weight excluding hydrogens is 128 g/mol. The van der Waals surface area contributed by atoms with Crippen LogP contribution in [0, 0.1) is 0 Å². The summed E-state index contributed by atoms with van der Waals surface area (Å²) in [5.74, 6) is -4.34. The monoisotopic (exact) mass is 132 g/mol. The van der Waals surface area contributed by atoms with Crippen LogP contribution in [0.25, 0.3) is 0 Å². The van der Waals surface area contributed by atoms with Crippen LogP contribution in [0.3, 0.4) is 0 Å². The minimum atomic E-state index is -4.90. The Labute approximate surface area is 42.9 Å². The van der Waals surface area contributed by atoms with E-state index in [1.807, 2.05) is 0 Å². The quantitative estimate of drug-likeness (QED) is 0.532. The molecule has 0 unspecified atom stereocenters. The van der Waals surface area contributed by atoms with E-state index in [4.69, 9.17) is 5.11 Å². The lowest BCUT2D eigenvalue weighted by molar-refractivity contribution is -0.318. The van der Waals surface area contributed by atoms with Gasteiger partial charge in [0.25, 0.3) is 0 Å². The predicted octanol–water partition coefficient (Wildman–Crippen LogP) is 1.23. The Balaban J connectivity index is 4.02. The van der Waals surface area contributed by atoms with Crippen LogP contribution in [0.2, 0.25) is 0 Å². The van der Waals surface area contributed by atoms with E-state index >= 15 is 0 Å². The molecular formula is C3H4F4O. The summed E-state index contributed by atoms with van der Waals surface area (Å²) in [6.45, 7) is -0.0625. The lowest BCUT2D eigenvalue weighted by atomic mass is 10.4. The normalized spacial score (nSPS) is 14.2. The van der Waals surface area contributed by atoms with E-state index in [2.05, 4.69) is 0 Å². The van der Waals surface area contributed by atoms with Crippen molar-refractivity contribution in [2.75, 3.05) is 0 Å². The Morgan fingerprint density at radius 3 is 1.25 bits per heavy atom. The van der Waals surface area contributed by atoms with Crippen molar-refractivity contribution in [3.8, 4) is 0 Å². The zero-order valence-electron chi connectivity index (χ0n) is 3.96. The molecule has 0 aromatic heterocycles. The Morgan fingerprint density at radius 2 is 1.25 bits per heavy atom. The number of halogens is 4. The molecule has 0 rings (SSSR count). The van der Waals surface area contributed by atoms with Crippen LogP contribution in [0.4, 0.5) is 17.6 Å². The molecule has 0 heterocycles. The summed E-state index contributed by atoms with van der Waals surface area (Å²) >= 11 is 0. The van der Waals surface area contributed by atoms with Gasteiger partial charge in [0.2, 0.25) is 0 Å². The van der Waals surface area contributed by atoms with Crippen LogP contribution in [0.5, 0.6) is 0 Å². The lowest BCUT2D eigenvalue weighted by Crippen LogP contribution is -2.36. The maximum atomic E-state index is 11.2. The van der Waals surface area contributed by atoms with Crippen molar-refractivity contribution in [1.29, 1.82) is 0 Å². The number of hydrogen-bond acceptors (Lipinski definition) is 1. The molecule has 0 atom stereocenters. The van der Waals surface area contributed by atoms with Gasteiger partial charge >= 0.3 is 12.0 Å². The summed E-state index contributed by atoms with van der Waals surface area (Å²) in [6.07, 6.45) is -4.90. The van der Waals surface area contributed by atoms with Crippen molar-refractivity contribution in [3.05, 3.63) is 0 Å². The molecule has 8 heavy (non-hydrogen) atoms. The average Bonchev–Trinajstić information content (AvgIpc) is 1.25. The molecule has 5 heteroatoms. The molecule has 1 nitrogen and oxygen atoms in total. The summed E-state index contributed by atoms with van der Waals surface area (Å²) in [6, 6.07) is 0. The van der Waals surface area contributed by atoms with E-state index in [1.54, 1.807) is 0 Å². The molecule has 50 valence electrons. The molecule has 0 aromatic rings. The molecule has 0 aliphatic rings. The zero-order chi connectivity index (χ0) is 7.00. The average molecular weight is 132 g/mol. The zero-order valence-corrected chi connectivity index (χ0v) is 3.96. The first-order valence-corrected chi connectivity index (χ1v) is 1.73. The fourth-order valence-electron chi connectivity index (χ4n) is 0. The summed E-state index contributed by atoms with van der Waals surface area (Å²) < 4.78 is 44.5. The molecule has 0 bridgehead atoms. The minimum absolute atomic E-state index is 0.0625. The standard InChI is InChI=1S/C3H4F4O/c1-2(4,5)3(6,7)8/h8H,1H3. The van der Waals surface area contributed by atoms with E-state index in [0.29, 0.717) is 0 Å². The van der Waals surface area contributed by atoms with Gasteiger partial charge in [-0.15, -0.1) is 0 Å². The fourth-order valence-corrected chi connectivity index (χ4v) is 0. The van der Waals surface area contributed by atoms with Gasteiger partial charge in [-0.25, -0.2) is 0 Å². The van der Waals surface area contributed by atoms with Gasteiger partial charge in [0, 0.05) is 6.92 Å². The highest BCUT2D eigenvalue weighted by atomic mass is 19.3. The topological polar surface area (TPSA) is 20.2 Å². The molecule has 0 saturated heterocycles. The van der Waals surface area contributed by atoms with Gasteiger partial charge in [-0.05, 0) is 0 Å². The van der Waals surface area contributed by atoms with E-state index in [-0.39, 0.29) is 6.92 Å². The van der Waals surface area contributed by atoms with Gasteiger partial charge in [-0.3, -0.25) is 0 Å². The third kappa shape index (κ3) is 1.65. The number of hydrogen-bond donors (Lipinski definition) is 1. The molecule has 0 fully saturated rings. The van der Waals surface area contributed by atoms with Gasteiger partial charge in [0.05, 0.1) is 0 Å². The Morgan fingerprint density at radius 1 is 1.12 bits per heavy atom. The van der Waals surface area contributed by atoms with Crippen molar-refractivity contribution in [2.24, 2.45) is 0 Å². The second-order valence-electron chi connectivity index (χ2n) is 1.43. The fraction of sp³-hybridized carbons (Fsp3) is 1.00. The van der Waals surface area contributed by atoms with E-state index in [1.165, 1.54) is 0 Å². The third-order valence-electron chi connectivity index (χ3n) is 0.528. The van der Waals surface area contributed by atoms with Crippen molar-refractivity contribution < 1.29 is 22.7 Å². The van der Waals surface area contributed by atoms with Gasteiger partial charge in [0.1, 0.15) is 0 Å². The molecule has 0 aliphatic carbocycles. The largest absolute Gasteiger partial charge is 0.416 e. The summed E-state index contributed by atoms with van der Waals surface area (Å²) in [5, 5.41) is 7.27. The molecule has 0 aromatic carbocycles. The molecule has 0 aliphatic heterocycles. The van der Waals surface area contributed by atoms with Crippen molar-refractivity contribution in [1.82, 2.24) is 0 Å². The van der Waals surface area contributed by atoms with E-state index in [9.17, 15) is 17.6 Å². The van der Waals surface area contributed by atoms with E-state index < -0.39 is 12.0 Å². The predicted molar refractivity (Wildman–Crippen MR) is 17.8 cm³/mol. The molecule has 0 spiro atoms. The van der Waals surface area contributed by atoms with Crippen LogP contribution in [0.15, 0.2) is 0 Å². The summed E-state index contributed by atoms with van der Waals surface area (Å²) in [7, 11) is 0.